The second kappa shape index (κ2) is 5.04. The first-order chi connectivity index (χ1) is 10.8. The third-order valence-electron chi connectivity index (χ3n) is 3.56. The summed E-state index contributed by atoms with van der Waals surface area (Å²) in [5, 5.41) is 11.0. The van der Waals surface area contributed by atoms with Crippen LogP contribution in [0.4, 0.5) is 23.0 Å². The zero-order chi connectivity index (χ0) is 14.9. The molecule has 1 aromatic carbocycles. The van der Waals surface area contributed by atoms with Gasteiger partial charge >= 0.3 is 0 Å². The third kappa shape index (κ3) is 2.44. The Morgan fingerprint density at radius 3 is 2.73 bits per heavy atom. The van der Waals surface area contributed by atoms with Crippen molar-refractivity contribution in [2.75, 3.05) is 10.6 Å². The fourth-order valence-electron chi connectivity index (χ4n) is 2.28. The summed E-state index contributed by atoms with van der Waals surface area (Å²) in [5.41, 5.74) is 2.33. The predicted octanol–water partition coefficient (Wildman–Crippen LogP) is 3.60. The topological polar surface area (TPSA) is 58.6 Å². The molecule has 1 fully saturated rings. The third-order valence-corrected chi connectivity index (χ3v) is 3.56. The highest BCUT2D eigenvalue weighted by atomic mass is 15.3. The minimum atomic E-state index is 0.542. The van der Waals surface area contributed by atoms with Gasteiger partial charge in [-0.15, -0.1) is 0 Å². The van der Waals surface area contributed by atoms with Crippen molar-refractivity contribution in [2.45, 2.75) is 18.9 Å². The molecule has 108 valence electrons. The first-order valence-corrected chi connectivity index (χ1v) is 7.18. The lowest BCUT2D eigenvalue weighted by molar-refractivity contribution is 0.926. The summed E-state index contributed by atoms with van der Waals surface area (Å²) in [7, 11) is 0. The molecule has 2 aromatic heterocycles. The Labute approximate surface area is 127 Å². The number of nitrogens with one attached hydrogen (secondary N) is 2. The smallest absolute Gasteiger partial charge is 0.187 e. The largest absolute Gasteiger partial charge is 0.367 e. The summed E-state index contributed by atoms with van der Waals surface area (Å²) in [6.45, 7) is 6.98. The molecule has 6 heteroatoms. The molecule has 0 spiro atoms. The van der Waals surface area contributed by atoms with Crippen molar-refractivity contribution in [3.63, 3.8) is 0 Å². The van der Waals surface area contributed by atoms with E-state index in [-0.39, 0.29) is 0 Å². The summed E-state index contributed by atoms with van der Waals surface area (Å²) in [4.78, 5) is 7.94. The van der Waals surface area contributed by atoms with Crippen LogP contribution < -0.4 is 10.6 Å². The van der Waals surface area contributed by atoms with Crippen LogP contribution in [-0.2, 0) is 0 Å². The molecule has 0 aliphatic heterocycles. The average Bonchev–Trinajstić information content (AvgIpc) is 3.22. The van der Waals surface area contributed by atoms with Gasteiger partial charge < -0.3 is 10.6 Å². The van der Waals surface area contributed by atoms with Gasteiger partial charge in [-0.05, 0) is 25.0 Å². The fraction of sp³-hybridized carbons (Fsp3) is 0.188. The Hall–Kier alpha value is -3.07. The zero-order valence-corrected chi connectivity index (χ0v) is 11.8. The number of hydrogen-bond donors (Lipinski definition) is 2. The number of hydrogen-bond acceptors (Lipinski definition) is 4. The van der Waals surface area contributed by atoms with Crippen LogP contribution >= 0.6 is 0 Å². The van der Waals surface area contributed by atoms with Crippen LogP contribution in [0.1, 0.15) is 12.8 Å². The van der Waals surface area contributed by atoms with Crippen LogP contribution in [0.15, 0.2) is 42.6 Å². The Balaban J connectivity index is 1.66. The van der Waals surface area contributed by atoms with E-state index in [0.29, 0.717) is 11.7 Å². The molecule has 1 saturated carbocycles. The second-order valence-electron chi connectivity index (χ2n) is 5.33. The maximum atomic E-state index is 6.98. The van der Waals surface area contributed by atoms with Gasteiger partial charge in [0.2, 0.25) is 0 Å². The Bertz CT molecular complexity index is 854. The maximum absolute atomic E-state index is 6.98. The molecule has 1 aliphatic rings. The number of rotatable bonds is 4. The molecule has 6 nitrogen and oxygen atoms in total. The lowest BCUT2D eigenvalue weighted by atomic mass is 10.3. The molecule has 0 unspecified atom stereocenters. The minimum absolute atomic E-state index is 0.542. The summed E-state index contributed by atoms with van der Waals surface area (Å²) in [6.07, 6.45) is 4.15. The maximum Gasteiger partial charge on any atom is 0.187 e. The molecule has 3 aromatic rings. The Morgan fingerprint density at radius 2 is 2.00 bits per heavy atom. The number of anilines is 3. The van der Waals surface area contributed by atoms with Gasteiger partial charge in [0, 0.05) is 23.9 Å². The molecule has 0 atom stereocenters. The van der Waals surface area contributed by atoms with Gasteiger partial charge in [-0.1, -0.05) is 12.1 Å². The first-order valence-electron chi connectivity index (χ1n) is 7.18. The van der Waals surface area contributed by atoms with Gasteiger partial charge in [-0.2, -0.15) is 9.61 Å². The van der Waals surface area contributed by atoms with Crippen LogP contribution in [-0.4, -0.2) is 20.6 Å². The molecule has 0 saturated heterocycles. The normalized spacial score (nSPS) is 13.8. The summed E-state index contributed by atoms with van der Waals surface area (Å²) >= 11 is 0. The van der Waals surface area contributed by atoms with Gasteiger partial charge in [-0.25, -0.2) is 9.83 Å². The van der Waals surface area contributed by atoms with E-state index in [9.17, 15) is 0 Å². The van der Waals surface area contributed by atoms with Crippen LogP contribution in [0.2, 0.25) is 0 Å². The molecule has 22 heavy (non-hydrogen) atoms. The molecule has 0 amide bonds. The van der Waals surface area contributed by atoms with E-state index in [4.69, 9.17) is 6.57 Å². The number of nitrogens with zero attached hydrogens (tertiary/aromatic N) is 4. The van der Waals surface area contributed by atoms with Crippen molar-refractivity contribution in [2.24, 2.45) is 0 Å². The lowest BCUT2D eigenvalue weighted by Gasteiger charge is -2.11. The van der Waals surface area contributed by atoms with E-state index in [1.54, 1.807) is 18.3 Å². The van der Waals surface area contributed by atoms with Gasteiger partial charge in [-0.3, -0.25) is 0 Å². The van der Waals surface area contributed by atoms with Crippen molar-refractivity contribution in [3.8, 4) is 0 Å². The quantitative estimate of drug-likeness (QED) is 0.721. The van der Waals surface area contributed by atoms with Crippen LogP contribution in [0, 0.1) is 6.57 Å². The van der Waals surface area contributed by atoms with Crippen molar-refractivity contribution >= 4 is 28.7 Å². The summed E-state index contributed by atoms with van der Waals surface area (Å²) < 4.78 is 1.81. The highest BCUT2D eigenvalue weighted by Gasteiger charge is 2.22. The van der Waals surface area contributed by atoms with Crippen molar-refractivity contribution < 1.29 is 0 Å². The number of benzene rings is 1. The average molecular weight is 290 g/mol. The highest BCUT2D eigenvalue weighted by molar-refractivity contribution is 5.65. The van der Waals surface area contributed by atoms with E-state index >= 15 is 0 Å². The van der Waals surface area contributed by atoms with Crippen molar-refractivity contribution in [1.82, 2.24) is 14.6 Å². The first kappa shape index (κ1) is 12.7. The zero-order valence-electron chi connectivity index (χ0n) is 11.8. The van der Waals surface area contributed by atoms with Crippen molar-refractivity contribution in [3.05, 3.63) is 54.0 Å². The van der Waals surface area contributed by atoms with Crippen LogP contribution in [0.3, 0.4) is 0 Å². The van der Waals surface area contributed by atoms with E-state index < -0.39 is 0 Å². The summed E-state index contributed by atoms with van der Waals surface area (Å²) in [6, 6.07) is 11.7. The second-order valence-corrected chi connectivity index (χ2v) is 5.33. The molecule has 1 aliphatic carbocycles. The lowest BCUT2D eigenvalue weighted by Crippen LogP contribution is -2.08. The summed E-state index contributed by atoms with van der Waals surface area (Å²) in [5.74, 6) is 1.70. The molecular weight excluding hydrogens is 276 g/mol. The standard InChI is InChI=1S/C16H14N6/c1-17-11-2-4-12(5-3-11)19-14-10-16(20-13-6-7-13)22-15(21-14)8-9-18-22/h2-5,8-10,13,20H,6-7H2,(H,19,21). The van der Waals surface area contributed by atoms with Crippen LogP contribution in [0.5, 0.6) is 0 Å². The highest BCUT2D eigenvalue weighted by Crippen LogP contribution is 2.27. The monoisotopic (exact) mass is 290 g/mol. The molecule has 2 N–H and O–H groups in total. The molecule has 0 radical (unpaired) electrons. The van der Waals surface area contributed by atoms with E-state index in [1.807, 2.05) is 28.8 Å². The van der Waals surface area contributed by atoms with Gasteiger partial charge in [0.25, 0.3) is 0 Å². The Kier molecular flexibility index (Phi) is 2.90. The van der Waals surface area contributed by atoms with Gasteiger partial charge in [0.05, 0.1) is 12.8 Å². The van der Waals surface area contributed by atoms with E-state index in [0.717, 1.165) is 23.0 Å². The Morgan fingerprint density at radius 1 is 1.18 bits per heavy atom. The molecule has 4 rings (SSSR count). The van der Waals surface area contributed by atoms with E-state index in [1.165, 1.54) is 12.8 Å². The van der Waals surface area contributed by atoms with Crippen molar-refractivity contribution in [1.29, 1.82) is 0 Å². The van der Waals surface area contributed by atoms with Gasteiger partial charge in [0.1, 0.15) is 11.6 Å². The number of fused-ring (bicyclic) bond motifs is 1. The number of aromatic nitrogens is 3. The minimum Gasteiger partial charge on any atom is -0.367 e. The SMILES string of the molecule is [C-]#[N+]c1ccc(Nc2cc(NC3CC3)n3nccc3n2)cc1. The fourth-order valence-corrected chi connectivity index (χ4v) is 2.28. The van der Waals surface area contributed by atoms with E-state index in [2.05, 4.69) is 25.6 Å². The predicted molar refractivity (Wildman–Crippen MR) is 85.6 cm³/mol. The molecule has 2 heterocycles. The van der Waals surface area contributed by atoms with Crippen LogP contribution in [0.25, 0.3) is 10.5 Å². The molecule has 0 bridgehead atoms. The molecular formula is C16H14N6. The van der Waals surface area contributed by atoms with Gasteiger partial charge in [0.15, 0.2) is 11.3 Å².